The molecule has 0 aromatic heterocycles. The van der Waals surface area contributed by atoms with Crippen molar-refractivity contribution in [1.82, 2.24) is 5.32 Å². The molecule has 3 nitrogen and oxygen atoms in total. The van der Waals surface area contributed by atoms with E-state index in [1.807, 2.05) is 13.8 Å². The van der Waals surface area contributed by atoms with E-state index in [4.69, 9.17) is 4.74 Å². The molecule has 0 fully saturated rings. The Balaban J connectivity index is 0. The molecule has 0 bridgehead atoms. The van der Waals surface area contributed by atoms with E-state index in [-0.39, 0.29) is 7.33 Å². The van der Waals surface area contributed by atoms with Gasteiger partial charge in [0.2, 0.25) is 5.91 Å². The fourth-order valence-electron chi connectivity index (χ4n) is 1.18. The number of rotatable bonds is 9. The molecule has 0 atom stereocenters. The van der Waals surface area contributed by atoms with Crippen molar-refractivity contribution >= 4 is 5.91 Å². The van der Waals surface area contributed by atoms with E-state index in [0.29, 0.717) is 6.42 Å². The maximum Gasteiger partial charge on any atom is 0.219 e. The highest BCUT2D eigenvalue weighted by atomic mass is 16.5. The van der Waals surface area contributed by atoms with E-state index in [1.165, 1.54) is 12.8 Å². The van der Waals surface area contributed by atoms with Crippen LogP contribution in [0.1, 0.15) is 47.4 Å². The van der Waals surface area contributed by atoms with Gasteiger partial charge in [-0.2, -0.15) is 0 Å². The highest BCUT2D eigenvalue weighted by Gasteiger charge is 1.95. The minimum absolute atomic E-state index is 0. The summed E-state index contributed by atoms with van der Waals surface area (Å²) in [6.45, 7) is 6.39. The first-order valence-corrected chi connectivity index (χ1v) is 5.65. The lowest BCUT2D eigenvalue weighted by molar-refractivity contribution is -0.120. The Morgan fingerprint density at radius 2 is 1.93 bits per heavy atom. The van der Waals surface area contributed by atoms with Crippen molar-refractivity contribution in [3.8, 4) is 0 Å². The second-order valence-corrected chi connectivity index (χ2v) is 3.31. The summed E-state index contributed by atoms with van der Waals surface area (Å²) in [7, 11) is 0. The minimum atomic E-state index is 0. The quantitative estimate of drug-likeness (QED) is 0.584. The molecule has 0 aromatic rings. The van der Waals surface area contributed by atoms with E-state index in [2.05, 4.69) is 5.32 Å². The zero-order valence-corrected chi connectivity index (χ0v) is 9.47. The summed E-state index contributed by atoms with van der Waals surface area (Å²) in [5.74, 6) is 0.152. The van der Waals surface area contributed by atoms with Crippen LogP contribution in [0.4, 0.5) is 0 Å². The number of ether oxygens (including phenoxy) is 1. The first kappa shape index (κ1) is 13.4. The second-order valence-electron chi connectivity index (χ2n) is 3.31. The minimum Gasteiger partial charge on any atom is -0.382 e. The van der Waals surface area contributed by atoms with E-state index < -0.39 is 0 Å². The molecule has 0 aromatic carbocycles. The normalized spacial score (nSPS) is 10.1. The second kappa shape index (κ2) is 10.5. The van der Waals surface area contributed by atoms with E-state index in [0.717, 1.165) is 32.6 Å². The number of amides is 1. The smallest absolute Gasteiger partial charge is 0.219 e. The van der Waals surface area contributed by atoms with Crippen LogP contribution in [0.2, 0.25) is 0 Å². The van der Waals surface area contributed by atoms with Crippen LogP contribution in [0, 0.1) is 0 Å². The predicted octanol–water partition coefficient (Wildman–Crippen LogP) is 2.36. The highest BCUT2D eigenvalue weighted by Crippen LogP contribution is 1.99. The molecule has 0 rings (SSSR count). The average Bonchev–Trinajstić information content (AvgIpc) is 2.21. The van der Waals surface area contributed by atoms with Crippen LogP contribution in [-0.2, 0) is 9.53 Å². The fourth-order valence-corrected chi connectivity index (χ4v) is 1.18. The third-order valence-corrected chi connectivity index (χ3v) is 2.06. The summed E-state index contributed by atoms with van der Waals surface area (Å²) >= 11 is 0. The number of hydrogen-bond acceptors (Lipinski definition) is 2. The van der Waals surface area contributed by atoms with Gasteiger partial charge in [-0.05, 0) is 19.8 Å². The van der Waals surface area contributed by atoms with Gasteiger partial charge in [0.05, 0.1) is 0 Å². The third-order valence-electron chi connectivity index (χ3n) is 2.06. The fraction of sp³-hybridized carbons (Fsp3) is 0.909. The van der Waals surface area contributed by atoms with Crippen LogP contribution >= 0.6 is 0 Å². The number of hydrogen-bond donors (Lipinski definition) is 1. The molecule has 0 aliphatic carbocycles. The average molecular weight is 203 g/mol. The lowest BCUT2D eigenvalue weighted by Gasteiger charge is -2.03. The van der Waals surface area contributed by atoms with Gasteiger partial charge in [0.15, 0.2) is 0 Å². The maximum atomic E-state index is 10.9. The van der Waals surface area contributed by atoms with Gasteiger partial charge in [0.1, 0.15) is 0 Å². The summed E-state index contributed by atoms with van der Waals surface area (Å²) in [5.41, 5.74) is 0. The molecule has 0 spiro atoms. The lowest BCUT2D eigenvalue weighted by atomic mass is 10.2. The van der Waals surface area contributed by atoms with E-state index >= 15 is 0 Å². The number of carbonyl (C=O) groups is 1. The molecule has 0 saturated heterocycles. The van der Waals surface area contributed by atoms with Crippen molar-refractivity contribution < 1.29 is 11.0 Å². The SMILES string of the molecule is CCOCCCCCCNC(=O)CC.[HH]. The van der Waals surface area contributed by atoms with Gasteiger partial charge < -0.3 is 10.1 Å². The standard InChI is InChI=1S/C11H23NO2.H2/c1-3-11(13)12-9-7-5-6-8-10-14-4-2;/h3-10H2,1-2H3,(H,12,13);1H. The maximum absolute atomic E-state index is 10.9. The summed E-state index contributed by atoms with van der Waals surface area (Å²) in [5, 5.41) is 2.86. The Kier molecular flexibility index (Phi) is 10.1. The Labute approximate surface area is 88.7 Å². The summed E-state index contributed by atoms with van der Waals surface area (Å²) in [6, 6.07) is 0. The molecule has 1 N–H and O–H groups in total. The molecule has 86 valence electrons. The van der Waals surface area contributed by atoms with Crippen molar-refractivity contribution in [3.63, 3.8) is 0 Å². The Morgan fingerprint density at radius 3 is 2.57 bits per heavy atom. The molecule has 14 heavy (non-hydrogen) atoms. The molecule has 0 saturated carbocycles. The van der Waals surface area contributed by atoms with Crippen molar-refractivity contribution in [2.24, 2.45) is 0 Å². The van der Waals surface area contributed by atoms with Gasteiger partial charge in [-0.3, -0.25) is 4.79 Å². The Morgan fingerprint density at radius 1 is 1.21 bits per heavy atom. The molecular weight excluding hydrogens is 178 g/mol. The molecule has 1 amide bonds. The van der Waals surface area contributed by atoms with Crippen LogP contribution < -0.4 is 5.32 Å². The topological polar surface area (TPSA) is 38.3 Å². The predicted molar refractivity (Wildman–Crippen MR) is 60.4 cm³/mol. The van der Waals surface area contributed by atoms with Crippen molar-refractivity contribution in [2.45, 2.75) is 46.0 Å². The first-order valence-electron chi connectivity index (χ1n) is 5.65. The van der Waals surface area contributed by atoms with Crippen LogP contribution in [0.3, 0.4) is 0 Å². The first-order chi connectivity index (χ1) is 6.81. The van der Waals surface area contributed by atoms with Crippen LogP contribution in [-0.4, -0.2) is 25.7 Å². The van der Waals surface area contributed by atoms with E-state index in [9.17, 15) is 4.79 Å². The summed E-state index contributed by atoms with van der Waals surface area (Å²) in [6.07, 6.45) is 5.18. The van der Waals surface area contributed by atoms with Crippen molar-refractivity contribution in [3.05, 3.63) is 0 Å². The van der Waals surface area contributed by atoms with E-state index in [1.54, 1.807) is 0 Å². The van der Waals surface area contributed by atoms with Crippen LogP contribution in [0.15, 0.2) is 0 Å². The third kappa shape index (κ3) is 9.52. The highest BCUT2D eigenvalue weighted by molar-refractivity contribution is 5.75. The molecule has 0 aliphatic rings. The molecule has 0 unspecified atom stereocenters. The lowest BCUT2D eigenvalue weighted by Crippen LogP contribution is -2.23. The monoisotopic (exact) mass is 203 g/mol. The van der Waals surface area contributed by atoms with Gasteiger partial charge in [0, 0.05) is 27.6 Å². The summed E-state index contributed by atoms with van der Waals surface area (Å²) < 4.78 is 5.23. The van der Waals surface area contributed by atoms with Gasteiger partial charge in [-0.15, -0.1) is 0 Å². The van der Waals surface area contributed by atoms with Crippen molar-refractivity contribution in [2.75, 3.05) is 19.8 Å². The summed E-state index contributed by atoms with van der Waals surface area (Å²) in [4.78, 5) is 10.9. The van der Waals surface area contributed by atoms with Crippen LogP contribution in [0.5, 0.6) is 0 Å². The molecule has 0 heterocycles. The zero-order valence-electron chi connectivity index (χ0n) is 9.47. The van der Waals surface area contributed by atoms with Gasteiger partial charge in [0.25, 0.3) is 0 Å². The largest absolute Gasteiger partial charge is 0.382 e. The van der Waals surface area contributed by atoms with Gasteiger partial charge in [-0.1, -0.05) is 19.8 Å². The van der Waals surface area contributed by atoms with Crippen LogP contribution in [0.25, 0.3) is 0 Å². The molecule has 0 radical (unpaired) electrons. The zero-order chi connectivity index (χ0) is 10.6. The van der Waals surface area contributed by atoms with Gasteiger partial charge >= 0.3 is 0 Å². The number of carbonyl (C=O) groups excluding carboxylic acids is 1. The number of unbranched alkanes of at least 4 members (excludes halogenated alkanes) is 3. The number of nitrogens with one attached hydrogen (secondary N) is 1. The molecular formula is C11H25NO2. The Hall–Kier alpha value is -0.570. The molecule has 3 heteroatoms. The van der Waals surface area contributed by atoms with Crippen molar-refractivity contribution in [1.29, 1.82) is 0 Å². The molecule has 0 aliphatic heterocycles. The Bertz CT molecular complexity index is 143. The van der Waals surface area contributed by atoms with Gasteiger partial charge in [-0.25, -0.2) is 0 Å².